The Kier molecular flexibility index (Phi) is 9.77. The fourth-order valence-electron chi connectivity index (χ4n) is 11.3. The summed E-state index contributed by atoms with van der Waals surface area (Å²) in [4.78, 5) is 4.88. The van der Waals surface area contributed by atoms with E-state index in [2.05, 4.69) is 289 Å². The molecule has 13 rings (SSSR count). The van der Waals surface area contributed by atoms with Crippen molar-refractivity contribution in [1.82, 2.24) is 0 Å². The topological polar surface area (TPSA) is 6.48 Å². The van der Waals surface area contributed by atoms with E-state index in [-0.39, 0.29) is 0 Å². The molecule has 0 saturated carbocycles. The first-order valence-corrected chi connectivity index (χ1v) is 23.8. The molecule has 1 atom stereocenters. The fraction of sp³-hybridized carbons (Fsp3) is 0.0149. The number of nitrogens with zero attached hydrogens (tertiary/aromatic N) is 2. The smallest absolute Gasteiger partial charge is 0.0727 e. The van der Waals surface area contributed by atoms with E-state index in [1.165, 1.54) is 77.9 Å². The Morgan fingerprint density at radius 2 is 0.609 bits per heavy atom. The van der Waals surface area contributed by atoms with E-state index in [9.17, 15) is 0 Å². The summed E-state index contributed by atoms with van der Waals surface area (Å²) in [5.41, 5.74) is 23.4. The molecule has 1 unspecified atom stereocenters. The van der Waals surface area contributed by atoms with Gasteiger partial charge in [-0.05, 0) is 139 Å². The van der Waals surface area contributed by atoms with Gasteiger partial charge >= 0.3 is 0 Å². The van der Waals surface area contributed by atoms with E-state index in [1.807, 2.05) is 0 Å². The van der Waals surface area contributed by atoms with E-state index in [4.69, 9.17) is 0 Å². The van der Waals surface area contributed by atoms with Gasteiger partial charge in [0.2, 0.25) is 0 Å². The molecule has 11 aromatic carbocycles. The molecular weight excluding hydrogens is 833 g/mol. The molecular formula is C67H46N2. The normalized spacial score (nSPS) is 13.9. The highest BCUT2D eigenvalue weighted by Crippen LogP contribution is 2.65. The molecule has 0 bridgehead atoms. The highest BCUT2D eigenvalue weighted by molar-refractivity contribution is 6.02. The number of para-hydroxylation sites is 1. The molecule has 2 aliphatic carbocycles. The highest BCUT2D eigenvalue weighted by Gasteiger charge is 2.52. The molecule has 0 heterocycles. The second-order valence-electron chi connectivity index (χ2n) is 18.0. The molecule has 0 fully saturated rings. The minimum absolute atomic E-state index is 0.585. The molecule has 11 aromatic rings. The third-order valence-corrected chi connectivity index (χ3v) is 14.3. The molecule has 0 amide bonds. The lowest BCUT2D eigenvalue weighted by Crippen LogP contribution is -2.26. The van der Waals surface area contributed by atoms with Crippen molar-refractivity contribution in [3.8, 4) is 55.6 Å². The summed E-state index contributed by atoms with van der Waals surface area (Å²) >= 11 is 0. The van der Waals surface area contributed by atoms with Crippen LogP contribution in [0.4, 0.5) is 34.1 Å². The molecule has 0 radical (unpaired) electrons. The Morgan fingerprint density at radius 3 is 1.22 bits per heavy atom. The molecule has 0 saturated heterocycles. The number of anilines is 6. The highest BCUT2D eigenvalue weighted by atomic mass is 15.1. The van der Waals surface area contributed by atoms with Crippen LogP contribution in [-0.2, 0) is 5.41 Å². The number of hydrogen-bond donors (Lipinski definition) is 0. The van der Waals surface area contributed by atoms with Crippen LogP contribution < -0.4 is 9.80 Å². The zero-order chi connectivity index (χ0) is 45.7. The van der Waals surface area contributed by atoms with Gasteiger partial charge in [-0.15, -0.1) is 0 Å². The monoisotopic (exact) mass is 878 g/mol. The first kappa shape index (κ1) is 40.3. The van der Waals surface area contributed by atoms with Gasteiger partial charge in [0.05, 0.1) is 11.1 Å². The van der Waals surface area contributed by atoms with Crippen LogP contribution in [0.5, 0.6) is 0 Å². The van der Waals surface area contributed by atoms with E-state index < -0.39 is 5.41 Å². The minimum atomic E-state index is -0.585. The molecule has 324 valence electrons. The number of fused-ring (bicyclic) bond motifs is 10. The van der Waals surface area contributed by atoms with Gasteiger partial charge in [0.15, 0.2) is 0 Å². The lowest BCUT2D eigenvalue weighted by Gasteiger charge is -2.33. The van der Waals surface area contributed by atoms with Gasteiger partial charge in [0.25, 0.3) is 0 Å². The summed E-state index contributed by atoms with van der Waals surface area (Å²) < 4.78 is 0. The van der Waals surface area contributed by atoms with Crippen molar-refractivity contribution in [3.63, 3.8) is 0 Å². The average Bonchev–Trinajstić information content (AvgIpc) is 3.90. The van der Waals surface area contributed by atoms with Gasteiger partial charge < -0.3 is 9.80 Å². The van der Waals surface area contributed by atoms with Crippen LogP contribution in [0.25, 0.3) is 55.6 Å². The number of hydrogen-bond acceptors (Lipinski definition) is 2. The zero-order valence-corrected chi connectivity index (χ0v) is 38.0. The van der Waals surface area contributed by atoms with E-state index in [0.29, 0.717) is 0 Å². The molecule has 69 heavy (non-hydrogen) atoms. The Hall–Kier alpha value is -8.98. The molecule has 0 N–H and O–H groups in total. The summed E-state index contributed by atoms with van der Waals surface area (Å²) in [6.07, 6.45) is 0. The maximum Gasteiger partial charge on any atom is 0.0727 e. The summed E-state index contributed by atoms with van der Waals surface area (Å²) in [5, 5.41) is 0. The van der Waals surface area contributed by atoms with Crippen LogP contribution in [0, 0.1) is 0 Å². The van der Waals surface area contributed by atoms with Crippen molar-refractivity contribution < 1.29 is 0 Å². The third-order valence-electron chi connectivity index (χ3n) is 14.3. The van der Waals surface area contributed by atoms with Gasteiger partial charge in [0.1, 0.15) is 0 Å². The molecule has 1 spiro atoms. The van der Waals surface area contributed by atoms with Crippen molar-refractivity contribution >= 4 is 34.1 Å². The predicted octanol–water partition coefficient (Wildman–Crippen LogP) is 18.0. The van der Waals surface area contributed by atoms with Crippen molar-refractivity contribution in [1.29, 1.82) is 0 Å². The van der Waals surface area contributed by atoms with Crippen LogP contribution in [0.1, 0.15) is 22.3 Å². The van der Waals surface area contributed by atoms with Gasteiger partial charge in [-0.2, -0.15) is 0 Å². The Bertz CT molecular complexity index is 3560. The summed E-state index contributed by atoms with van der Waals surface area (Å²) in [7, 11) is 0. The van der Waals surface area contributed by atoms with Gasteiger partial charge in [-0.1, -0.05) is 212 Å². The Morgan fingerprint density at radius 1 is 0.217 bits per heavy atom. The number of rotatable bonds is 9. The lowest BCUT2D eigenvalue weighted by molar-refractivity contribution is 0.793. The SMILES string of the molecule is c1ccc(-c2ccc(N(c3ccc(-c4ccccc4)cc3)c3cccc4c3-c3ccccc3C43c4ccccc4-c4ccc(N(c5ccccc5)c5cccc(-c6ccccc6)c5)cc43)cc2)cc1. The standard InChI is InChI=1S/C67H46N2/c1-5-19-47(20-6-1)50-35-39-54(40-36-50)69(55-41-37-51(38-42-55)48-21-7-2-8-22-48)65-34-18-33-63-66(65)60-30-14-16-32-62(60)67(63)61-31-15-13-29-58(61)59-44-43-57(46-64(59)67)68(53-26-11-4-12-27-53)56-28-17-25-52(45-56)49-23-9-3-10-24-49/h1-46H. The summed E-state index contributed by atoms with van der Waals surface area (Å²) in [6.45, 7) is 0. The maximum absolute atomic E-state index is 2.48. The van der Waals surface area contributed by atoms with Crippen molar-refractivity contribution in [2.45, 2.75) is 5.41 Å². The van der Waals surface area contributed by atoms with Gasteiger partial charge in [-0.3, -0.25) is 0 Å². The van der Waals surface area contributed by atoms with Crippen molar-refractivity contribution in [2.24, 2.45) is 0 Å². The van der Waals surface area contributed by atoms with Crippen LogP contribution in [0.2, 0.25) is 0 Å². The lowest BCUT2D eigenvalue weighted by atomic mass is 9.70. The number of benzene rings is 11. The maximum atomic E-state index is 2.48. The quantitative estimate of drug-likeness (QED) is 0.143. The van der Waals surface area contributed by atoms with Crippen LogP contribution in [0.3, 0.4) is 0 Å². The van der Waals surface area contributed by atoms with Gasteiger partial charge in [0, 0.05) is 34.0 Å². The minimum Gasteiger partial charge on any atom is -0.310 e. The average molecular weight is 879 g/mol. The van der Waals surface area contributed by atoms with Gasteiger partial charge in [-0.25, -0.2) is 0 Å². The van der Waals surface area contributed by atoms with E-state index in [1.54, 1.807) is 0 Å². The molecule has 2 aliphatic rings. The summed E-state index contributed by atoms with van der Waals surface area (Å²) in [5.74, 6) is 0. The first-order valence-electron chi connectivity index (χ1n) is 23.8. The van der Waals surface area contributed by atoms with Crippen molar-refractivity contribution in [2.75, 3.05) is 9.80 Å². The Labute approximate surface area is 404 Å². The largest absolute Gasteiger partial charge is 0.310 e. The molecule has 2 nitrogen and oxygen atoms in total. The summed E-state index contributed by atoms with van der Waals surface area (Å²) in [6, 6.07) is 102. The molecule has 2 heteroatoms. The van der Waals surface area contributed by atoms with Crippen LogP contribution in [-0.4, -0.2) is 0 Å². The van der Waals surface area contributed by atoms with Crippen LogP contribution in [0.15, 0.2) is 279 Å². The second-order valence-corrected chi connectivity index (χ2v) is 18.0. The Balaban J connectivity index is 1.03. The van der Waals surface area contributed by atoms with E-state index in [0.717, 1.165) is 34.1 Å². The van der Waals surface area contributed by atoms with E-state index >= 15 is 0 Å². The zero-order valence-electron chi connectivity index (χ0n) is 38.0. The van der Waals surface area contributed by atoms with Crippen molar-refractivity contribution in [3.05, 3.63) is 301 Å². The third kappa shape index (κ3) is 6.64. The van der Waals surface area contributed by atoms with Crippen LogP contribution >= 0.6 is 0 Å². The predicted molar refractivity (Wildman–Crippen MR) is 288 cm³/mol. The second kappa shape index (κ2) is 16.7. The molecule has 0 aliphatic heterocycles. The molecule has 0 aromatic heterocycles. The fourth-order valence-corrected chi connectivity index (χ4v) is 11.3. The first-order chi connectivity index (χ1) is 34.2.